The Morgan fingerprint density at radius 2 is 1.75 bits per heavy atom. The Balaban J connectivity index is 1.82. The van der Waals surface area contributed by atoms with Crippen molar-refractivity contribution in [3.05, 3.63) is 59.2 Å². The number of carbonyl (C=O) groups is 1. The zero-order valence-electron chi connectivity index (χ0n) is 19.7. The molecule has 0 bridgehead atoms. The van der Waals surface area contributed by atoms with Crippen LogP contribution >= 0.6 is 0 Å². The summed E-state index contributed by atoms with van der Waals surface area (Å²) in [5.74, 6) is -3.56. The highest BCUT2D eigenvalue weighted by molar-refractivity contribution is 7.92. The molecule has 1 amide bonds. The van der Waals surface area contributed by atoms with E-state index in [0.717, 1.165) is 24.3 Å². The lowest BCUT2D eigenvalue weighted by atomic mass is 9.68. The topological polar surface area (TPSA) is 63.7 Å². The van der Waals surface area contributed by atoms with Gasteiger partial charge in [0.2, 0.25) is 5.91 Å². The maximum Gasteiger partial charge on any atom is 0.416 e. The molecule has 1 heterocycles. The van der Waals surface area contributed by atoms with E-state index in [1.807, 2.05) is 6.92 Å². The molecule has 1 aliphatic carbocycles. The van der Waals surface area contributed by atoms with Crippen LogP contribution < -0.4 is 4.74 Å². The molecule has 1 saturated carbocycles. The fraction of sp³-hybridized carbons (Fsp3) is 0.480. The van der Waals surface area contributed by atoms with Crippen LogP contribution in [0.5, 0.6) is 5.75 Å². The van der Waals surface area contributed by atoms with Gasteiger partial charge in [0.1, 0.15) is 10.6 Å². The van der Waals surface area contributed by atoms with Crippen LogP contribution in [0.15, 0.2) is 41.3 Å². The van der Waals surface area contributed by atoms with Crippen LogP contribution in [-0.4, -0.2) is 39.4 Å². The van der Waals surface area contributed by atoms with Crippen molar-refractivity contribution in [1.82, 2.24) is 4.90 Å². The van der Waals surface area contributed by atoms with Crippen molar-refractivity contribution >= 4 is 15.7 Å². The van der Waals surface area contributed by atoms with E-state index in [9.17, 15) is 30.8 Å². The number of rotatable bonds is 5. The molecule has 4 rings (SSSR count). The summed E-state index contributed by atoms with van der Waals surface area (Å²) in [6, 6.07) is 4.69. The maximum atomic E-state index is 15.3. The summed E-state index contributed by atoms with van der Waals surface area (Å²) in [5, 5.41) is 0. The second-order valence-electron chi connectivity index (χ2n) is 9.41. The summed E-state index contributed by atoms with van der Waals surface area (Å²) < 4.78 is 101. The molecule has 36 heavy (non-hydrogen) atoms. The van der Waals surface area contributed by atoms with Gasteiger partial charge < -0.3 is 9.64 Å². The van der Waals surface area contributed by atoms with Crippen molar-refractivity contribution in [3.63, 3.8) is 0 Å². The molecule has 0 radical (unpaired) electrons. The van der Waals surface area contributed by atoms with Crippen molar-refractivity contribution in [2.24, 2.45) is 11.8 Å². The van der Waals surface area contributed by atoms with Crippen molar-refractivity contribution in [2.45, 2.75) is 48.4 Å². The third kappa shape index (κ3) is 4.25. The second-order valence-corrected chi connectivity index (χ2v) is 11.6. The third-order valence-corrected chi connectivity index (χ3v) is 10.0. The van der Waals surface area contributed by atoms with Gasteiger partial charge >= 0.3 is 6.18 Å². The lowest BCUT2D eigenvalue weighted by molar-refractivity contribution is -0.137. The Labute approximate surface area is 206 Å². The largest absolute Gasteiger partial charge is 0.490 e. The molecular formula is C25H26F5NO4S. The molecule has 11 heteroatoms. The van der Waals surface area contributed by atoms with Crippen LogP contribution in [0.25, 0.3) is 0 Å². The summed E-state index contributed by atoms with van der Waals surface area (Å²) >= 11 is 0. The van der Waals surface area contributed by atoms with E-state index in [4.69, 9.17) is 4.74 Å². The molecule has 2 aliphatic rings. The van der Waals surface area contributed by atoms with Gasteiger partial charge in [-0.25, -0.2) is 17.2 Å². The fourth-order valence-corrected chi connectivity index (χ4v) is 7.77. The first-order valence-electron chi connectivity index (χ1n) is 11.6. The van der Waals surface area contributed by atoms with E-state index in [1.165, 1.54) is 0 Å². The molecule has 1 fully saturated rings. The van der Waals surface area contributed by atoms with E-state index in [2.05, 4.69) is 0 Å². The molecular weight excluding hydrogens is 505 g/mol. The zero-order chi connectivity index (χ0) is 26.5. The van der Waals surface area contributed by atoms with Gasteiger partial charge in [-0.2, -0.15) is 13.2 Å². The number of benzene rings is 2. The van der Waals surface area contributed by atoms with Gasteiger partial charge in [-0.3, -0.25) is 4.79 Å². The van der Waals surface area contributed by atoms with Gasteiger partial charge in [-0.1, -0.05) is 0 Å². The normalized spacial score (nSPS) is 23.9. The Kier molecular flexibility index (Phi) is 6.83. The first-order chi connectivity index (χ1) is 16.8. The fourth-order valence-electron chi connectivity index (χ4n) is 5.40. The van der Waals surface area contributed by atoms with Crippen molar-refractivity contribution in [3.8, 4) is 5.75 Å². The van der Waals surface area contributed by atoms with Crippen LogP contribution in [-0.2, 0) is 25.6 Å². The third-order valence-electron chi connectivity index (χ3n) is 7.45. The SMILES string of the molecule is CCN(C)C(=O)C[C@@H]1CC[C@@]2(S(=O)(=O)c3ccc(C(F)(F)F)cc3)c3c(F)ccc(F)c3OC[C@H]2C1. The molecule has 0 saturated heterocycles. The quantitative estimate of drug-likeness (QED) is 0.490. The minimum Gasteiger partial charge on any atom is -0.490 e. The van der Waals surface area contributed by atoms with Crippen LogP contribution in [0.1, 0.15) is 43.7 Å². The van der Waals surface area contributed by atoms with E-state index in [1.54, 1.807) is 11.9 Å². The number of carbonyl (C=O) groups excluding carboxylic acids is 1. The van der Waals surface area contributed by atoms with Gasteiger partial charge in [0.25, 0.3) is 0 Å². The predicted molar refractivity (Wildman–Crippen MR) is 121 cm³/mol. The van der Waals surface area contributed by atoms with E-state index in [-0.39, 0.29) is 44.1 Å². The predicted octanol–water partition coefficient (Wildman–Crippen LogP) is 5.33. The van der Waals surface area contributed by atoms with Gasteiger partial charge in [-0.15, -0.1) is 0 Å². The first-order valence-corrected chi connectivity index (χ1v) is 13.1. The lowest BCUT2D eigenvalue weighted by Crippen LogP contribution is -2.52. The van der Waals surface area contributed by atoms with Crippen LogP contribution in [0.2, 0.25) is 0 Å². The number of halogens is 5. The molecule has 0 N–H and O–H groups in total. The average molecular weight is 532 g/mol. The number of ether oxygens (including phenoxy) is 1. The Morgan fingerprint density at radius 1 is 1.11 bits per heavy atom. The Bertz CT molecular complexity index is 1260. The first kappa shape index (κ1) is 26.4. The van der Waals surface area contributed by atoms with Gasteiger partial charge in [-0.05, 0) is 68.5 Å². The van der Waals surface area contributed by atoms with Crippen molar-refractivity contribution < 1.29 is 39.9 Å². The number of fused-ring (bicyclic) bond motifs is 3. The molecule has 2 aromatic rings. The number of nitrogens with zero attached hydrogens (tertiary/aromatic N) is 1. The number of alkyl halides is 3. The summed E-state index contributed by atoms with van der Waals surface area (Å²) in [6.45, 7) is 2.09. The van der Waals surface area contributed by atoms with Gasteiger partial charge in [0.05, 0.1) is 22.6 Å². The van der Waals surface area contributed by atoms with E-state index < -0.39 is 60.1 Å². The Morgan fingerprint density at radius 3 is 2.36 bits per heavy atom. The number of sulfone groups is 1. The molecule has 5 nitrogen and oxygen atoms in total. The summed E-state index contributed by atoms with van der Waals surface area (Å²) in [7, 11) is -2.87. The Hall–Kier alpha value is -2.69. The highest BCUT2D eigenvalue weighted by Crippen LogP contribution is 2.57. The lowest BCUT2D eigenvalue weighted by Gasteiger charge is -2.49. The molecule has 196 valence electrons. The van der Waals surface area contributed by atoms with Gasteiger partial charge in [0.15, 0.2) is 21.4 Å². The molecule has 3 atom stereocenters. The van der Waals surface area contributed by atoms with Crippen LogP contribution in [0.4, 0.5) is 22.0 Å². The van der Waals surface area contributed by atoms with Crippen LogP contribution in [0, 0.1) is 23.5 Å². The zero-order valence-corrected chi connectivity index (χ0v) is 20.6. The molecule has 2 aromatic carbocycles. The minimum atomic E-state index is -4.67. The van der Waals surface area contributed by atoms with Crippen molar-refractivity contribution in [1.29, 1.82) is 0 Å². The van der Waals surface area contributed by atoms with E-state index in [0.29, 0.717) is 18.7 Å². The number of hydrogen-bond donors (Lipinski definition) is 0. The standard InChI is InChI=1S/C25H26F5NO4S/c1-3-31(2)21(32)13-15-10-11-24(36(33,34)18-6-4-16(5-7-18)25(28,29)30)17(12-15)14-35-23-20(27)9-8-19(26)22(23)24/h4-9,15,17H,3,10-14H2,1-2H3/t15-,17-,24+/m1/s1. The van der Waals surface area contributed by atoms with Crippen molar-refractivity contribution in [2.75, 3.05) is 20.2 Å². The summed E-state index contributed by atoms with van der Waals surface area (Å²) in [6.07, 6.45) is -4.21. The molecule has 0 spiro atoms. The number of amides is 1. The average Bonchev–Trinajstić information content (AvgIpc) is 2.84. The summed E-state index contributed by atoms with van der Waals surface area (Å²) in [5.41, 5.74) is -1.46. The smallest absolute Gasteiger partial charge is 0.416 e. The highest BCUT2D eigenvalue weighted by atomic mass is 32.2. The number of hydrogen-bond acceptors (Lipinski definition) is 4. The maximum absolute atomic E-state index is 15.3. The highest BCUT2D eigenvalue weighted by Gasteiger charge is 2.59. The monoisotopic (exact) mass is 531 g/mol. The molecule has 0 aromatic heterocycles. The van der Waals surface area contributed by atoms with Crippen LogP contribution in [0.3, 0.4) is 0 Å². The van der Waals surface area contributed by atoms with Gasteiger partial charge in [0, 0.05) is 25.9 Å². The molecule has 0 unspecified atom stereocenters. The second kappa shape index (κ2) is 9.32. The molecule has 1 aliphatic heterocycles. The summed E-state index contributed by atoms with van der Waals surface area (Å²) in [4.78, 5) is 13.6. The van der Waals surface area contributed by atoms with E-state index >= 15 is 4.39 Å². The minimum absolute atomic E-state index is 0.116.